The number of hydrogen-bond acceptors (Lipinski definition) is 8. The number of fused-ring (bicyclic) bond motifs is 1. The summed E-state index contributed by atoms with van der Waals surface area (Å²) in [5.74, 6) is -1.61. The van der Waals surface area contributed by atoms with Gasteiger partial charge < -0.3 is 14.0 Å². The molecule has 10 nitrogen and oxygen atoms in total. The lowest BCUT2D eigenvalue weighted by atomic mass is 10.1. The molecule has 2 heterocycles. The monoisotopic (exact) mass is 559 g/mol. The molecule has 0 bridgehead atoms. The Morgan fingerprint density at radius 2 is 1.79 bits per heavy atom. The fraction of sp³-hybridized carbons (Fsp3) is 0.385. The molecule has 4 rings (SSSR count). The van der Waals surface area contributed by atoms with Gasteiger partial charge in [0.25, 0.3) is 5.91 Å². The Labute approximate surface area is 224 Å². The Kier molecular flexibility index (Phi) is 8.44. The zero-order valence-electron chi connectivity index (χ0n) is 21.4. The van der Waals surface area contributed by atoms with Crippen molar-refractivity contribution in [2.75, 3.05) is 20.3 Å². The van der Waals surface area contributed by atoms with E-state index in [1.807, 2.05) is 6.92 Å². The molecule has 1 amide bonds. The van der Waals surface area contributed by atoms with Crippen molar-refractivity contribution in [1.29, 1.82) is 0 Å². The van der Waals surface area contributed by atoms with Gasteiger partial charge in [-0.15, -0.1) is 0 Å². The van der Waals surface area contributed by atoms with E-state index in [-0.39, 0.29) is 34.5 Å². The van der Waals surface area contributed by atoms with Gasteiger partial charge in [0, 0.05) is 18.2 Å². The molecule has 38 heavy (non-hydrogen) atoms. The fourth-order valence-electron chi connectivity index (χ4n) is 4.38. The van der Waals surface area contributed by atoms with Crippen molar-refractivity contribution in [2.45, 2.75) is 50.6 Å². The van der Waals surface area contributed by atoms with E-state index in [2.05, 4.69) is 4.99 Å². The number of benzene rings is 2. The summed E-state index contributed by atoms with van der Waals surface area (Å²) >= 11 is 1.13. The van der Waals surface area contributed by atoms with Crippen molar-refractivity contribution >= 4 is 49.4 Å². The minimum atomic E-state index is -3.67. The van der Waals surface area contributed by atoms with Gasteiger partial charge in [-0.2, -0.15) is 9.30 Å². The van der Waals surface area contributed by atoms with Crippen LogP contribution in [0, 0.1) is 0 Å². The van der Waals surface area contributed by atoms with Crippen molar-refractivity contribution in [2.24, 2.45) is 4.99 Å². The van der Waals surface area contributed by atoms with Crippen LogP contribution in [0.2, 0.25) is 0 Å². The van der Waals surface area contributed by atoms with Crippen molar-refractivity contribution in [1.82, 2.24) is 8.87 Å². The van der Waals surface area contributed by atoms with E-state index in [0.717, 1.165) is 30.6 Å². The van der Waals surface area contributed by atoms with Gasteiger partial charge in [-0.3, -0.25) is 9.59 Å². The molecule has 12 heteroatoms. The Morgan fingerprint density at radius 3 is 2.45 bits per heavy atom. The first-order chi connectivity index (χ1) is 18.1. The lowest BCUT2D eigenvalue weighted by Crippen LogP contribution is -2.41. The normalized spacial score (nSPS) is 16.9. The van der Waals surface area contributed by atoms with Crippen LogP contribution in [0.4, 0.5) is 0 Å². The highest BCUT2D eigenvalue weighted by Crippen LogP contribution is 2.25. The second-order valence-electron chi connectivity index (χ2n) is 8.85. The summed E-state index contributed by atoms with van der Waals surface area (Å²) in [4.78, 5) is 41.9. The molecule has 0 saturated carbocycles. The van der Waals surface area contributed by atoms with Crippen molar-refractivity contribution < 1.29 is 32.3 Å². The van der Waals surface area contributed by atoms with Crippen molar-refractivity contribution in [3.63, 3.8) is 0 Å². The van der Waals surface area contributed by atoms with Crippen LogP contribution in [0.1, 0.15) is 53.8 Å². The number of ether oxygens (including phenoxy) is 2. The number of nitrogens with zero attached hydrogens (tertiary/aromatic N) is 3. The SMILES string of the molecule is CCOC(=O)Cn1c(=NC(=O)c2ccc(S(=O)(=O)N3CCCCC3C)cc2)sc2cc(C(=O)OC)ccc21. The molecule has 1 atom stereocenters. The third-order valence-corrected chi connectivity index (χ3v) is 9.41. The lowest BCUT2D eigenvalue weighted by Gasteiger charge is -2.32. The summed E-state index contributed by atoms with van der Waals surface area (Å²) in [6.45, 7) is 4.09. The summed E-state index contributed by atoms with van der Waals surface area (Å²) in [6, 6.07) is 10.5. The van der Waals surface area contributed by atoms with Gasteiger partial charge in [0.1, 0.15) is 6.54 Å². The number of esters is 2. The number of rotatable bonds is 7. The molecule has 0 radical (unpaired) electrons. The number of hydrogen-bond donors (Lipinski definition) is 0. The average Bonchev–Trinajstić information content (AvgIpc) is 3.24. The largest absolute Gasteiger partial charge is 0.465 e. The molecule has 1 fully saturated rings. The zero-order chi connectivity index (χ0) is 27.4. The molecule has 3 aromatic rings. The summed E-state index contributed by atoms with van der Waals surface area (Å²) in [7, 11) is -2.39. The van der Waals surface area contributed by atoms with Crippen LogP contribution in [0.5, 0.6) is 0 Å². The first kappa shape index (κ1) is 27.7. The molecular weight excluding hydrogens is 530 g/mol. The van der Waals surface area contributed by atoms with Gasteiger partial charge in [0.15, 0.2) is 4.80 Å². The molecule has 2 aromatic carbocycles. The number of thiazole rings is 1. The first-order valence-electron chi connectivity index (χ1n) is 12.2. The van der Waals surface area contributed by atoms with E-state index in [4.69, 9.17) is 9.47 Å². The summed E-state index contributed by atoms with van der Waals surface area (Å²) in [6.07, 6.45) is 2.64. The second kappa shape index (κ2) is 11.6. The van der Waals surface area contributed by atoms with Crippen molar-refractivity contribution in [3.8, 4) is 0 Å². The molecule has 202 valence electrons. The minimum Gasteiger partial charge on any atom is -0.465 e. The minimum absolute atomic E-state index is 0.0763. The molecule has 1 aliphatic rings. The number of carbonyl (C=O) groups excluding carboxylic acids is 3. The Balaban J connectivity index is 1.69. The Hall–Kier alpha value is -3.35. The molecule has 0 aliphatic carbocycles. The van der Waals surface area contributed by atoms with Crippen LogP contribution >= 0.6 is 11.3 Å². The van der Waals surface area contributed by atoms with Crippen LogP contribution in [-0.2, 0) is 30.8 Å². The zero-order valence-corrected chi connectivity index (χ0v) is 23.0. The van der Waals surface area contributed by atoms with Crippen LogP contribution in [-0.4, -0.2) is 61.4 Å². The highest BCUT2D eigenvalue weighted by atomic mass is 32.2. The molecule has 1 aliphatic heterocycles. The topological polar surface area (TPSA) is 124 Å². The predicted molar refractivity (Wildman–Crippen MR) is 141 cm³/mol. The number of aromatic nitrogens is 1. The molecule has 0 spiro atoms. The van der Waals surface area contributed by atoms with Crippen LogP contribution in [0.15, 0.2) is 52.4 Å². The first-order valence-corrected chi connectivity index (χ1v) is 14.5. The van der Waals surface area contributed by atoms with Crippen molar-refractivity contribution in [3.05, 3.63) is 58.4 Å². The smallest absolute Gasteiger partial charge is 0.337 e. The third kappa shape index (κ3) is 5.71. The highest BCUT2D eigenvalue weighted by molar-refractivity contribution is 7.89. The van der Waals surface area contributed by atoms with Gasteiger partial charge in [-0.25, -0.2) is 13.2 Å². The number of methoxy groups -OCH3 is 1. The fourth-order valence-corrected chi connectivity index (χ4v) is 7.14. The van der Waals surface area contributed by atoms with E-state index in [1.165, 1.54) is 35.7 Å². The predicted octanol–water partition coefficient (Wildman–Crippen LogP) is 3.36. The maximum Gasteiger partial charge on any atom is 0.337 e. The van der Waals surface area contributed by atoms with Gasteiger partial charge in [0.2, 0.25) is 10.0 Å². The summed E-state index contributed by atoms with van der Waals surface area (Å²) in [5.41, 5.74) is 1.12. The van der Waals surface area contributed by atoms with Crippen LogP contribution in [0.3, 0.4) is 0 Å². The van der Waals surface area contributed by atoms with E-state index in [0.29, 0.717) is 22.3 Å². The van der Waals surface area contributed by atoms with Gasteiger partial charge in [-0.1, -0.05) is 17.8 Å². The van der Waals surface area contributed by atoms with E-state index < -0.39 is 27.9 Å². The second-order valence-corrected chi connectivity index (χ2v) is 11.8. The number of sulfonamides is 1. The van der Waals surface area contributed by atoms with E-state index in [1.54, 1.807) is 29.7 Å². The third-order valence-electron chi connectivity index (χ3n) is 6.34. The van der Waals surface area contributed by atoms with E-state index >= 15 is 0 Å². The van der Waals surface area contributed by atoms with Gasteiger partial charge in [0.05, 0.1) is 34.4 Å². The molecule has 0 N–H and O–H groups in total. The Bertz CT molecular complexity index is 1540. The quantitative estimate of drug-likeness (QED) is 0.407. The lowest BCUT2D eigenvalue weighted by molar-refractivity contribution is -0.143. The summed E-state index contributed by atoms with van der Waals surface area (Å²) in [5, 5.41) is 0. The maximum atomic E-state index is 13.1. The van der Waals surface area contributed by atoms with E-state index in [9.17, 15) is 22.8 Å². The molecule has 1 unspecified atom stereocenters. The molecular formula is C26H29N3O7S2. The molecule has 1 saturated heterocycles. The van der Waals surface area contributed by atoms with Crippen LogP contribution in [0.25, 0.3) is 10.2 Å². The van der Waals surface area contributed by atoms with Crippen LogP contribution < -0.4 is 4.80 Å². The van der Waals surface area contributed by atoms with Gasteiger partial charge in [-0.05, 0) is 69.2 Å². The number of piperidine rings is 1. The highest BCUT2D eigenvalue weighted by Gasteiger charge is 2.31. The molecule has 1 aromatic heterocycles. The standard InChI is InChI=1S/C26H29N3O7S2/c1-4-36-23(30)16-28-21-13-10-19(25(32)35-3)15-22(21)37-26(28)27-24(31)18-8-11-20(12-9-18)38(33,34)29-14-6-5-7-17(29)2/h8-13,15,17H,4-7,14,16H2,1-3H3. The summed E-state index contributed by atoms with van der Waals surface area (Å²) < 4.78 is 39.8. The Morgan fingerprint density at radius 1 is 1.08 bits per heavy atom. The average molecular weight is 560 g/mol. The number of carbonyl (C=O) groups is 3. The number of amides is 1. The van der Waals surface area contributed by atoms with Gasteiger partial charge >= 0.3 is 11.9 Å². The maximum absolute atomic E-state index is 13.1.